The van der Waals surface area contributed by atoms with Crippen LogP contribution in [0.15, 0.2) is 12.3 Å². The van der Waals surface area contributed by atoms with Crippen molar-refractivity contribution in [3.8, 4) is 0 Å². The molecule has 1 aliphatic rings. The van der Waals surface area contributed by atoms with Crippen LogP contribution in [0.5, 0.6) is 0 Å². The molecule has 0 aromatic carbocycles. The molecule has 1 aromatic rings. The number of amides is 2. The molecule has 0 radical (unpaired) electrons. The molecule has 0 bridgehead atoms. The zero-order valence-corrected chi connectivity index (χ0v) is 10.4. The zero-order valence-electron chi connectivity index (χ0n) is 10.4. The van der Waals surface area contributed by atoms with Crippen LogP contribution in [0.3, 0.4) is 0 Å². The van der Waals surface area contributed by atoms with Crippen LogP contribution in [0.2, 0.25) is 0 Å². The third-order valence-electron chi connectivity index (χ3n) is 2.10. The molecule has 2 heterocycles. The molecule has 0 aliphatic carbocycles. The Hall–Kier alpha value is -1.72. The van der Waals surface area contributed by atoms with Crippen molar-refractivity contribution in [2.45, 2.75) is 20.3 Å². The highest BCUT2D eigenvalue weighted by molar-refractivity contribution is 5.92. The number of anilines is 1. The van der Waals surface area contributed by atoms with Gasteiger partial charge in [0.15, 0.2) is 0 Å². The van der Waals surface area contributed by atoms with Gasteiger partial charge in [-0.05, 0) is 6.07 Å². The van der Waals surface area contributed by atoms with Crippen LogP contribution in [0, 0.1) is 6.08 Å². The van der Waals surface area contributed by atoms with Crippen LogP contribution in [-0.2, 0) is 0 Å². The summed E-state index contributed by atoms with van der Waals surface area (Å²) < 4.78 is 12.7. The van der Waals surface area contributed by atoms with Gasteiger partial charge in [0.05, 0.1) is 0 Å². The highest BCUT2D eigenvalue weighted by atomic mass is 19.1. The molecule has 0 spiro atoms. The smallest absolute Gasteiger partial charge is 0.325 e. The highest BCUT2D eigenvalue weighted by Gasteiger charge is 2.27. The standard InChI is InChI=1S/C8H9FN4O.C3H8/c1-12-4-5-13(8(12)14)6-2-3-10-7(9)11-6;1-3-2/h2-3H,4-5H2,1H3;3H2,1-2H3. The SMILES string of the molecule is CCC.CN1CCN(c2ccnc(F)n2)C1=O. The number of urea groups is 1. The lowest BCUT2D eigenvalue weighted by molar-refractivity contribution is 0.229. The van der Waals surface area contributed by atoms with Gasteiger partial charge in [0.25, 0.3) is 0 Å². The minimum atomic E-state index is -0.815. The fourth-order valence-corrected chi connectivity index (χ4v) is 1.34. The van der Waals surface area contributed by atoms with Gasteiger partial charge in [-0.15, -0.1) is 0 Å². The molecule has 1 fully saturated rings. The van der Waals surface area contributed by atoms with Crippen molar-refractivity contribution in [3.05, 3.63) is 18.3 Å². The molecule has 1 aliphatic heterocycles. The average molecular weight is 240 g/mol. The second-order valence-electron chi connectivity index (χ2n) is 3.75. The predicted molar refractivity (Wildman–Crippen MR) is 63.3 cm³/mol. The Bertz CT molecular complexity index is 385. The molecule has 94 valence electrons. The minimum absolute atomic E-state index is 0.164. The molecule has 1 aromatic heterocycles. The van der Waals surface area contributed by atoms with Crippen LogP contribution in [0.25, 0.3) is 0 Å². The maximum atomic E-state index is 12.7. The molecular weight excluding hydrogens is 223 g/mol. The number of rotatable bonds is 1. The van der Waals surface area contributed by atoms with Gasteiger partial charge in [0, 0.05) is 26.3 Å². The third-order valence-corrected chi connectivity index (χ3v) is 2.10. The van der Waals surface area contributed by atoms with Crippen LogP contribution in [0.1, 0.15) is 20.3 Å². The first kappa shape index (κ1) is 13.3. The number of aromatic nitrogens is 2. The lowest BCUT2D eigenvalue weighted by Gasteiger charge is -2.13. The molecule has 2 rings (SSSR count). The molecule has 5 nitrogen and oxygen atoms in total. The highest BCUT2D eigenvalue weighted by Crippen LogP contribution is 2.15. The number of halogens is 1. The number of hydrogen-bond acceptors (Lipinski definition) is 3. The van der Waals surface area contributed by atoms with Crippen molar-refractivity contribution in [2.75, 3.05) is 25.0 Å². The van der Waals surface area contributed by atoms with E-state index in [-0.39, 0.29) is 6.03 Å². The van der Waals surface area contributed by atoms with Gasteiger partial charge in [0.1, 0.15) is 5.82 Å². The molecular formula is C11H17FN4O. The maximum Gasteiger partial charge on any atom is 0.325 e. The lowest BCUT2D eigenvalue weighted by atomic mass is 10.5. The molecule has 2 amide bonds. The van der Waals surface area contributed by atoms with E-state index in [1.807, 2.05) is 0 Å². The maximum absolute atomic E-state index is 12.7. The molecule has 17 heavy (non-hydrogen) atoms. The minimum Gasteiger partial charge on any atom is -0.326 e. The second-order valence-corrected chi connectivity index (χ2v) is 3.75. The largest absolute Gasteiger partial charge is 0.326 e. The Balaban J connectivity index is 0.000000437. The average Bonchev–Trinajstić information content (AvgIpc) is 2.61. The van der Waals surface area contributed by atoms with E-state index in [9.17, 15) is 9.18 Å². The van der Waals surface area contributed by atoms with Crippen LogP contribution in [0.4, 0.5) is 15.0 Å². The van der Waals surface area contributed by atoms with Crippen molar-refractivity contribution < 1.29 is 9.18 Å². The Morgan fingerprint density at radius 1 is 1.41 bits per heavy atom. The Labute approximate surface area is 100 Å². The van der Waals surface area contributed by atoms with Gasteiger partial charge in [0.2, 0.25) is 0 Å². The summed E-state index contributed by atoms with van der Waals surface area (Å²) >= 11 is 0. The van der Waals surface area contributed by atoms with Crippen molar-refractivity contribution >= 4 is 11.8 Å². The summed E-state index contributed by atoms with van der Waals surface area (Å²) in [6.07, 6.45) is 1.73. The van der Waals surface area contributed by atoms with Crippen molar-refractivity contribution in [1.29, 1.82) is 0 Å². The summed E-state index contributed by atoms with van der Waals surface area (Å²) in [6.45, 7) is 5.41. The van der Waals surface area contributed by atoms with Gasteiger partial charge < -0.3 is 4.90 Å². The molecule has 0 saturated carbocycles. The molecule has 1 saturated heterocycles. The zero-order chi connectivity index (χ0) is 12.8. The van der Waals surface area contributed by atoms with Gasteiger partial charge in [-0.25, -0.2) is 9.78 Å². The molecule has 0 N–H and O–H groups in total. The van der Waals surface area contributed by atoms with E-state index >= 15 is 0 Å². The third kappa shape index (κ3) is 3.37. The van der Waals surface area contributed by atoms with Crippen molar-refractivity contribution in [3.63, 3.8) is 0 Å². The predicted octanol–water partition coefficient (Wildman–Crippen LogP) is 1.90. The Morgan fingerprint density at radius 3 is 2.53 bits per heavy atom. The van der Waals surface area contributed by atoms with E-state index in [2.05, 4.69) is 23.8 Å². The van der Waals surface area contributed by atoms with E-state index in [4.69, 9.17) is 0 Å². The summed E-state index contributed by atoms with van der Waals surface area (Å²) in [5, 5.41) is 0. The van der Waals surface area contributed by atoms with E-state index in [0.29, 0.717) is 18.9 Å². The number of carbonyl (C=O) groups excluding carboxylic acids is 1. The summed E-state index contributed by atoms with van der Waals surface area (Å²) in [5.74, 6) is 0.312. The van der Waals surface area contributed by atoms with E-state index in [1.54, 1.807) is 11.9 Å². The second kappa shape index (κ2) is 6.12. The van der Waals surface area contributed by atoms with E-state index in [0.717, 1.165) is 0 Å². The van der Waals surface area contributed by atoms with Crippen LogP contribution in [-0.4, -0.2) is 41.0 Å². The topological polar surface area (TPSA) is 49.3 Å². The van der Waals surface area contributed by atoms with Gasteiger partial charge >= 0.3 is 12.1 Å². The number of likely N-dealkylation sites (N-methyl/N-ethyl adjacent to an activating group) is 1. The first-order chi connectivity index (χ1) is 8.10. The fourth-order valence-electron chi connectivity index (χ4n) is 1.34. The quantitative estimate of drug-likeness (QED) is 0.704. The van der Waals surface area contributed by atoms with Crippen LogP contribution >= 0.6 is 0 Å². The molecule has 0 atom stereocenters. The lowest BCUT2D eigenvalue weighted by Crippen LogP contribution is -2.30. The first-order valence-corrected chi connectivity index (χ1v) is 5.61. The summed E-state index contributed by atoms with van der Waals surface area (Å²) in [4.78, 5) is 21.3. The normalized spacial score (nSPS) is 14.7. The molecule has 0 unspecified atom stereocenters. The Morgan fingerprint density at radius 2 is 2.06 bits per heavy atom. The number of nitrogens with zero attached hydrogens (tertiary/aromatic N) is 4. The summed E-state index contributed by atoms with van der Waals surface area (Å²) in [7, 11) is 1.69. The number of carbonyl (C=O) groups is 1. The van der Waals surface area contributed by atoms with Crippen LogP contribution < -0.4 is 4.90 Å². The fraction of sp³-hybridized carbons (Fsp3) is 0.545. The monoisotopic (exact) mass is 240 g/mol. The van der Waals surface area contributed by atoms with Gasteiger partial charge in [-0.2, -0.15) is 9.37 Å². The van der Waals surface area contributed by atoms with Crippen molar-refractivity contribution in [1.82, 2.24) is 14.9 Å². The van der Waals surface area contributed by atoms with Crippen molar-refractivity contribution in [2.24, 2.45) is 0 Å². The van der Waals surface area contributed by atoms with Gasteiger partial charge in [-0.3, -0.25) is 4.90 Å². The summed E-state index contributed by atoms with van der Waals surface area (Å²) in [5.41, 5.74) is 0. The van der Waals surface area contributed by atoms with E-state index < -0.39 is 6.08 Å². The van der Waals surface area contributed by atoms with E-state index in [1.165, 1.54) is 23.6 Å². The Kier molecular flexibility index (Phi) is 4.81. The first-order valence-electron chi connectivity index (χ1n) is 5.61. The number of hydrogen-bond donors (Lipinski definition) is 0. The van der Waals surface area contributed by atoms with Gasteiger partial charge in [-0.1, -0.05) is 20.3 Å². The summed E-state index contributed by atoms with van der Waals surface area (Å²) in [6, 6.07) is 1.35. The molecule has 6 heteroatoms.